The van der Waals surface area contributed by atoms with Gasteiger partial charge in [-0.25, -0.2) is 4.79 Å². The maximum atomic E-state index is 10.6. The van der Waals surface area contributed by atoms with E-state index in [1.807, 2.05) is 18.2 Å². The van der Waals surface area contributed by atoms with Crippen LogP contribution in [0.3, 0.4) is 0 Å². The van der Waals surface area contributed by atoms with Crippen LogP contribution in [-0.2, 0) is 9.63 Å². The fraction of sp³-hybridized carbons (Fsp3) is 0.273. The highest BCUT2D eigenvalue weighted by atomic mass is 16.6. The molecule has 0 aromatic heterocycles. The maximum Gasteiger partial charge on any atom is 0.237 e. The molecule has 0 radical (unpaired) electrons. The second-order valence-electron chi connectivity index (χ2n) is 2.87. The lowest BCUT2D eigenvalue weighted by Gasteiger charge is -2.06. The highest BCUT2D eigenvalue weighted by Gasteiger charge is 2.02. The molecule has 1 aromatic carbocycles. The van der Waals surface area contributed by atoms with E-state index in [0.717, 1.165) is 0 Å². The van der Waals surface area contributed by atoms with Gasteiger partial charge in [-0.1, -0.05) is 30.3 Å². The monoisotopic (exact) mass is 207 g/mol. The van der Waals surface area contributed by atoms with E-state index in [1.54, 1.807) is 18.1 Å². The summed E-state index contributed by atoms with van der Waals surface area (Å²) in [5.74, 6) is 1.83. The van der Waals surface area contributed by atoms with Crippen molar-refractivity contribution in [3.8, 4) is 0 Å². The lowest BCUT2D eigenvalue weighted by atomic mass is 10.2. The van der Waals surface area contributed by atoms with Crippen LogP contribution in [0, 0.1) is 0 Å². The van der Waals surface area contributed by atoms with E-state index in [0.29, 0.717) is 18.5 Å². The number of hydrogen-bond donors (Lipinski definition) is 2. The Balaban J connectivity index is 2.48. The first-order valence-electron chi connectivity index (χ1n) is 4.69. The molecule has 0 aliphatic carbocycles. The van der Waals surface area contributed by atoms with Gasteiger partial charge >= 0.3 is 0 Å². The van der Waals surface area contributed by atoms with Crippen molar-refractivity contribution in [1.82, 2.24) is 5.48 Å². The SMILES string of the molecule is O=C=C(ONCCCO)c1ccccc1. The Bertz CT molecular complexity index is 331. The van der Waals surface area contributed by atoms with Gasteiger partial charge in [-0.2, -0.15) is 5.48 Å². The van der Waals surface area contributed by atoms with Crippen LogP contribution < -0.4 is 5.48 Å². The van der Waals surface area contributed by atoms with Crippen molar-refractivity contribution in [2.45, 2.75) is 6.42 Å². The van der Waals surface area contributed by atoms with E-state index >= 15 is 0 Å². The van der Waals surface area contributed by atoms with E-state index in [4.69, 9.17) is 9.94 Å². The lowest BCUT2D eigenvalue weighted by Crippen LogP contribution is -2.16. The Labute approximate surface area is 88.1 Å². The molecule has 0 atom stereocenters. The molecule has 0 heterocycles. The number of nitrogens with one attached hydrogen (secondary N) is 1. The predicted octanol–water partition coefficient (Wildman–Crippen LogP) is 0.763. The molecule has 0 aliphatic heterocycles. The molecule has 1 rings (SSSR count). The Morgan fingerprint density at radius 1 is 1.40 bits per heavy atom. The van der Waals surface area contributed by atoms with Crippen molar-refractivity contribution < 1.29 is 14.7 Å². The Kier molecular flexibility index (Phi) is 5.19. The van der Waals surface area contributed by atoms with Crippen LogP contribution >= 0.6 is 0 Å². The smallest absolute Gasteiger partial charge is 0.237 e. The molecule has 0 unspecified atom stereocenters. The molecule has 0 saturated heterocycles. The van der Waals surface area contributed by atoms with Gasteiger partial charge in [0.25, 0.3) is 0 Å². The molecule has 0 aliphatic rings. The summed E-state index contributed by atoms with van der Waals surface area (Å²) in [5, 5.41) is 8.53. The normalized spacial score (nSPS) is 9.40. The zero-order valence-corrected chi connectivity index (χ0v) is 8.27. The molecular weight excluding hydrogens is 194 g/mol. The van der Waals surface area contributed by atoms with Crippen LogP contribution in [0.1, 0.15) is 12.0 Å². The highest BCUT2D eigenvalue weighted by Crippen LogP contribution is 2.10. The van der Waals surface area contributed by atoms with Crippen LogP contribution in [0.25, 0.3) is 5.76 Å². The minimum absolute atomic E-state index is 0.0852. The average molecular weight is 207 g/mol. The van der Waals surface area contributed by atoms with Gasteiger partial charge in [0.1, 0.15) is 0 Å². The quantitative estimate of drug-likeness (QED) is 0.313. The molecule has 0 spiro atoms. The fourth-order valence-electron chi connectivity index (χ4n) is 1.00. The van der Waals surface area contributed by atoms with Crippen molar-refractivity contribution in [2.75, 3.05) is 13.2 Å². The molecule has 4 heteroatoms. The largest absolute Gasteiger partial charge is 0.396 e. The third-order valence-corrected chi connectivity index (χ3v) is 1.74. The van der Waals surface area contributed by atoms with Gasteiger partial charge in [-0.05, 0) is 6.42 Å². The number of carbonyl (C=O) groups excluding carboxylic acids is 1. The number of aliphatic hydroxyl groups excluding tert-OH is 1. The second kappa shape index (κ2) is 6.79. The number of rotatable bonds is 6. The predicted molar refractivity (Wildman–Crippen MR) is 56.3 cm³/mol. The number of benzene rings is 1. The minimum atomic E-state index is 0.0852. The zero-order chi connectivity index (χ0) is 10.9. The van der Waals surface area contributed by atoms with E-state index in [2.05, 4.69) is 5.48 Å². The molecule has 0 saturated carbocycles. The lowest BCUT2D eigenvalue weighted by molar-refractivity contribution is 0.149. The van der Waals surface area contributed by atoms with Gasteiger partial charge in [-0.15, -0.1) is 0 Å². The Hall–Kier alpha value is -1.61. The van der Waals surface area contributed by atoms with Gasteiger partial charge < -0.3 is 9.94 Å². The average Bonchev–Trinajstić information content (AvgIpc) is 2.30. The summed E-state index contributed by atoms with van der Waals surface area (Å²) >= 11 is 0. The third-order valence-electron chi connectivity index (χ3n) is 1.74. The number of aliphatic hydroxyl groups is 1. The highest BCUT2D eigenvalue weighted by molar-refractivity contribution is 5.82. The van der Waals surface area contributed by atoms with Crippen LogP contribution in [0.4, 0.5) is 0 Å². The molecule has 0 fully saturated rings. The van der Waals surface area contributed by atoms with E-state index in [1.165, 1.54) is 0 Å². The van der Waals surface area contributed by atoms with Crippen molar-refractivity contribution in [3.05, 3.63) is 35.9 Å². The van der Waals surface area contributed by atoms with Crippen molar-refractivity contribution >= 4 is 11.7 Å². The molecular formula is C11H13NO3. The standard InChI is InChI=1S/C11H13NO3/c13-8-4-7-12-15-11(9-14)10-5-2-1-3-6-10/h1-3,5-6,12-13H,4,7-8H2. The van der Waals surface area contributed by atoms with Gasteiger partial charge in [-0.3, -0.25) is 0 Å². The maximum absolute atomic E-state index is 10.6. The van der Waals surface area contributed by atoms with Gasteiger partial charge in [0.05, 0.1) is 0 Å². The second-order valence-corrected chi connectivity index (χ2v) is 2.87. The zero-order valence-electron chi connectivity index (χ0n) is 8.27. The first kappa shape index (κ1) is 11.5. The molecule has 1 aromatic rings. The summed E-state index contributed by atoms with van der Waals surface area (Å²) in [6, 6.07) is 8.99. The van der Waals surface area contributed by atoms with E-state index < -0.39 is 0 Å². The molecule has 0 amide bonds. The van der Waals surface area contributed by atoms with Crippen molar-refractivity contribution in [3.63, 3.8) is 0 Å². The van der Waals surface area contributed by atoms with Crippen molar-refractivity contribution in [1.29, 1.82) is 0 Å². The molecule has 2 N–H and O–H groups in total. The number of hydroxylamine groups is 1. The first-order chi connectivity index (χ1) is 7.38. The van der Waals surface area contributed by atoms with Crippen LogP contribution in [0.5, 0.6) is 0 Å². The summed E-state index contributed by atoms with van der Waals surface area (Å²) < 4.78 is 0. The van der Waals surface area contributed by atoms with Gasteiger partial charge in [0.15, 0.2) is 5.94 Å². The third kappa shape index (κ3) is 3.95. The molecule has 15 heavy (non-hydrogen) atoms. The van der Waals surface area contributed by atoms with Crippen LogP contribution in [0.2, 0.25) is 0 Å². The summed E-state index contributed by atoms with van der Waals surface area (Å²) in [6.45, 7) is 0.566. The summed E-state index contributed by atoms with van der Waals surface area (Å²) in [5.41, 5.74) is 3.25. The summed E-state index contributed by atoms with van der Waals surface area (Å²) in [6.07, 6.45) is 0.570. The Morgan fingerprint density at radius 3 is 2.73 bits per heavy atom. The Morgan fingerprint density at radius 2 is 2.13 bits per heavy atom. The first-order valence-corrected chi connectivity index (χ1v) is 4.69. The van der Waals surface area contributed by atoms with Crippen molar-refractivity contribution in [2.24, 2.45) is 0 Å². The summed E-state index contributed by atoms with van der Waals surface area (Å²) in [7, 11) is 0. The summed E-state index contributed by atoms with van der Waals surface area (Å²) in [4.78, 5) is 15.6. The van der Waals surface area contributed by atoms with E-state index in [-0.39, 0.29) is 12.4 Å². The molecule has 0 bridgehead atoms. The topological polar surface area (TPSA) is 58.6 Å². The van der Waals surface area contributed by atoms with Gasteiger partial charge in [0, 0.05) is 18.7 Å². The van der Waals surface area contributed by atoms with Crippen LogP contribution in [-0.4, -0.2) is 24.2 Å². The minimum Gasteiger partial charge on any atom is -0.396 e. The molecule has 4 nitrogen and oxygen atoms in total. The van der Waals surface area contributed by atoms with Crippen LogP contribution in [0.15, 0.2) is 30.3 Å². The molecule has 80 valence electrons. The number of hydrogen-bond acceptors (Lipinski definition) is 4. The van der Waals surface area contributed by atoms with Gasteiger partial charge in [0.2, 0.25) is 5.76 Å². The fourth-order valence-corrected chi connectivity index (χ4v) is 1.00. The van der Waals surface area contributed by atoms with E-state index in [9.17, 15) is 4.79 Å².